The van der Waals surface area contributed by atoms with E-state index >= 15 is 0 Å². The van der Waals surface area contributed by atoms with Crippen molar-refractivity contribution in [1.82, 2.24) is 25.9 Å². The third-order valence-electron chi connectivity index (χ3n) is 4.66. The summed E-state index contributed by atoms with van der Waals surface area (Å²) >= 11 is 0. The van der Waals surface area contributed by atoms with Gasteiger partial charge >= 0.3 is 11.9 Å². The first kappa shape index (κ1) is 28.0. The van der Waals surface area contributed by atoms with Gasteiger partial charge in [-0.2, -0.15) is 0 Å². The van der Waals surface area contributed by atoms with Crippen LogP contribution in [0.2, 0.25) is 0 Å². The molecule has 0 saturated heterocycles. The van der Waals surface area contributed by atoms with E-state index in [9.17, 15) is 28.8 Å². The van der Waals surface area contributed by atoms with E-state index in [1.54, 1.807) is 0 Å². The summed E-state index contributed by atoms with van der Waals surface area (Å²) in [6.07, 6.45) is 1.64. The van der Waals surface area contributed by atoms with Crippen molar-refractivity contribution in [2.45, 2.75) is 63.2 Å². The second-order valence-electron chi connectivity index (χ2n) is 7.52. The van der Waals surface area contributed by atoms with Gasteiger partial charge in [0.2, 0.25) is 23.6 Å². The predicted octanol–water partition coefficient (Wildman–Crippen LogP) is -3.03. The lowest BCUT2D eigenvalue weighted by molar-refractivity contribution is -0.142. The largest absolute Gasteiger partial charge is 0.481 e. The fraction of sp³-hybridized carbons (Fsp3) is 0.526. The van der Waals surface area contributed by atoms with Gasteiger partial charge in [-0.1, -0.05) is 0 Å². The SMILES string of the molecule is CC(NC(=O)C(CCC(=O)O)NC(=O)C(Cc1cnc[nH]1)NC(=O)C(N)CCC(N)=O)C(=O)O. The minimum atomic E-state index is -1.39. The number of carbonyl (C=O) groups excluding carboxylic acids is 4. The number of aliphatic carboxylic acids is 2. The number of hydrogen-bond acceptors (Lipinski definition) is 8. The Labute approximate surface area is 194 Å². The Morgan fingerprint density at radius 1 is 0.971 bits per heavy atom. The molecule has 1 aromatic heterocycles. The van der Waals surface area contributed by atoms with Crippen molar-refractivity contribution in [3.8, 4) is 0 Å². The number of nitrogens with two attached hydrogens (primary N) is 2. The normalized spacial score (nSPS) is 14.2. The van der Waals surface area contributed by atoms with Crippen molar-refractivity contribution in [3.05, 3.63) is 18.2 Å². The minimum absolute atomic E-state index is 0.0592. The van der Waals surface area contributed by atoms with Crippen molar-refractivity contribution in [2.75, 3.05) is 0 Å². The Morgan fingerprint density at radius 3 is 2.12 bits per heavy atom. The molecule has 0 aliphatic heterocycles. The Bertz CT molecular complexity index is 889. The molecule has 0 bridgehead atoms. The van der Waals surface area contributed by atoms with Crippen LogP contribution in [0.5, 0.6) is 0 Å². The van der Waals surface area contributed by atoms with Gasteiger partial charge in [0.05, 0.1) is 12.4 Å². The molecule has 1 heterocycles. The molecule has 0 radical (unpaired) electrons. The first-order valence-corrected chi connectivity index (χ1v) is 10.3. The molecule has 0 aromatic carbocycles. The molecule has 15 heteroatoms. The topological polar surface area (TPSA) is 260 Å². The number of aromatic amines is 1. The average Bonchev–Trinajstić information content (AvgIpc) is 3.26. The van der Waals surface area contributed by atoms with Gasteiger partial charge in [0.1, 0.15) is 18.1 Å². The van der Waals surface area contributed by atoms with Crippen LogP contribution in [0.1, 0.15) is 38.3 Å². The molecule has 1 aromatic rings. The fourth-order valence-corrected chi connectivity index (χ4v) is 2.72. The van der Waals surface area contributed by atoms with Crippen LogP contribution in [0, 0.1) is 0 Å². The van der Waals surface area contributed by atoms with Gasteiger partial charge in [0.25, 0.3) is 0 Å². The third-order valence-corrected chi connectivity index (χ3v) is 4.66. The second kappa shape index (κ2) is 13.5. The van der Waals surface area contributed by atoms with E-state index in [2.05, 4.69) is 25.9 Å². The maximum absolute atomic E-state index is 13.0. The van der Waals surface area contributed by atoms with E-state index < -0.39 is 66.2 Å². The smallest absolute Gasteiger partial charge is 0.325 e. The van der Waals surface area contributed by atoms with Crippen molar-refractivity contribution < 1.29 is 39.0 Å². The van der Waals surface area contributed by atoms with Crippen LogP contribution in [-0.4, -0.2) is 79.9 Å². The first-order valence-electron chi connectivity index (χ1n) is 10.3. The summed E-state index contributed by atoms with van der Waals surface area (Å²) in [7, 11) is 0. The van der Waals surface area contributed by atoms with Gasteiger partial charge < -0.3 is 42.6 Å². The van der Waals surface area contributed by atoms with E-state index in [1.165, 1.54) is 19.4 Å². The highest BCUT2D eigenvalue weighted by Crippen LogP contribution is 2.05. The molecule has 0 aliphatic rings. The number of rotatable bonds is 15. The van der Waals surface area contributed by atoms with Crippen LogP contribution in [0.4, 0.5) is 0 Å². The molecule has 0 saturated carbocycles. The Kier molecular flexibility index (Phi) is 11.1. The van der Waals surface area contributed by atoms with Crippen LogP contribution < -0.4 is 27.4 Å². The lowest BCUT2D eigenvalue weighted by atomic mass is 10.1. The second-order valence-corrected chi connectivity index (χ2v) is 7.52. The molecule has 0 fully saturated rings. The Hall–Kier alpha value is -4.01. The number of hydrogen-bond donors (Lipinski definition) is 8. The van der Waals surface area contributed by atoms with Crippen molar-refractivity contribution in [3.63, 3.8) is 0 Å². The van der Waals surface area contributed by atoms with Crippen LogP contribution >= 0.6 is 0 Å². The van der Waals surface area contributed by atoms with E-state index in [1.807, 2.05) is 0 Å². The van der Waals surface area contributed by atoms with Gasteiger partial charge in [0, 0.05) is 31.2 Å². The lowest BCUT2D eigenvalue weighted by Crippen LogP contribution is -2.57. The zero-order chi connectivity index (χ0) is 25.8. The number of carboxylic acids is 2. The number of nitrogens with one attached hydrogen (secondary N) is 4. The minimum Gasteiger partial charge on any atom is -0.481 e. The molecule has 0 spiro atoms. The highest BCUT2D eigenvalue weighted by Gasteiger charge is 2.30. The summed E-state index contributed by atoms with van der Waals surface area (Å²) in [6, 6.07) is -5.09. The van der Waals surface area contributed by atoms with Crippen LogP contribution in [0.15, 0.2) is 12.5 Å². The van der Waals surface area contributed by atoms with Crippen molar-refractivity contribution in [1.29, 1.82) is 0 Å². The quantitative estimate of drug-likeness (QED) is 0.125. The summed E-state index contributed by atoms with van der Waals surface area (Å²) in [5.74, 6) is -5.73. The number of carbonyl (C=O) groups is 6. The number of nitrogens with zero attached hydrogens (tertiary/aromatic N) is 1. The summed E-state index contributed by atoms with van der Waals surface area (Å²) in [5, 5.41) is 24.9. The standard InChI is InChI=1S/C19H29N7O8/c1-9(19(33)34)24-17(31)12(3-5-15(28)29)25-18(32)13(6-10-7-22-8-23-10)26-16(30)11(20)2-4-14(21)27/h7-9,11-13H,2-6,20H2,1H3,(H2,21,27)(H,22,23)(H,24,31)(H,25,32)(H,26,30)(H,28,29)(H,33,34). The maximum Gasteiger partial charge on any atom is 0.325 e. The molecule has 4 amide bonds. The lowest BCUT2D eigenvalue weighted by Gasteiger charge is -2.24. The first-order chi connectivity index (χ1) is 15.9. The van der Waals surface area contributed by atoms with Gasteiger partial charge in [-0.3, -0.25) is 28.8 Å². The molecule has 1 rings (SSSR count). The van der Waals surface area contributed by atoms with Gasteiger partial charge in [0.15, 0.2) is 0 Å². The zero-order valence-electron chi connectivity index (χ0n) is 18.4. The van der Waals surface area contributed by atoms with Crippen LogP contribution in [0.25, 0.3) is 0 Å². The van der Waals surface area contributed by atoms with Gasteiger partial charge in [-0.15, -0.1) is 0 Å². The summed E-state index contributed by atoms with van der Waals surface area (Å²) in [4.78, 5) is 77.4. The molecule has 188 valence electrons. The molecular weight excluding hydrogens is 454 g/mol. The number of imidazole rings is 1. The summed E-state index contributed by atoms with van der Waals surface area (Å²) < 4.78 is 0. The van der Waals surface area contributed by atoms with E-state index in [-0.39, 0.29) is 25.7 Å². The number of carboxylic acid groups (broad SMARTS) is 2. The van der Waals surface area contributed by atoms with E-state index in [0.29, 0.717) is 5.69 Å². The Morgan fingerprint density at radius 2 is 1.59 bits per heavy atom. The van der Waals surface area contributed by atoms with Crippen molar-refractivity contribution in [2.24, 2.45) is 11.5 Å². The molecule has 4 atom stereocenters. The fourth-order valence-electron chi connectivity index (χ4n) is 2.72. The van der Waals surface area contributed by atoms with Gasteiger partial charge in [-0.25, -0.2) is 4.98 Å². The summed E-state index contributed by atoms with van der Waals surface area (Å²) in [5.41, 5.74) is 11.2. The summed E-state index contributed by atoms with van der Waals surface area (Å²) in [6.45, 7) is 1.20. The van der Waals surface area contributed by atoms with Crippen LogP contribution in [0.3, 0.4) is 0 Å². The third kappa shape index (κ3) is 10.1. The highest BCUT2D eigenvalue weighted by molar-refractivity contribution is 5.94. The number of aromatic nitrogens is 2. The predicted molar refractivity (Wildman–Crippen MR) is 115 cm³/mol. The van der Waals surface area contributed by atoms with Crippen LogP contribution in [-0.2, 0) is 35.2 Å². The molecule has 34 heavy (non-hydrogen) atoms. The molecule has 4 unspecified atom stereocenters. The average molecular weight is 483 g/mol. The molecule has 15 nitrogen and oxygen atoms in total. The maximum atomic E-state index is 13.0. The zero-order valence-corrected chi connectivity index (χ0v) is 18.4. The number of primary amides is 1. The molecule has 10 N–H and O–H groups in total. The van der Waals surface area contributed by atoms with E-state index in [4.69, 9.17) is 21.7 Å². The number of H-pyrrole nitrogens is 1. The molecule has 0 aliphatic carbocycles. The molecular formula is C19H29N7O8. The Balaban J connectivity index is 3.00. The van der Waals surface area contributed by atoms with Crippen molar-refractivity contribution >= 4 is 35.6 Å². The monoisotopic (exact) mass is 483 g/mol. The van der Waals surface area contributed by atoms with Gasteiger partial charge in [-0.05, 0) is 19.8 Å². The van der Waals surface area contributed by atoms with E-state index in [0.717, 1.165) is 0 Å². The number of amides is 4. The highest BCUT2D eigenvalue weighted by atomic mass is 16.4.